The van der Waals surface area contributed by atoms with E-state index < -0.39 is 0 Å². The van der Waals surface area contributed by atoms with Crippen molar-refractivity contribution in [2.75, 3.05) is 0 Å². The molecular formula is C12H11N3O. The van der Waals surface area contributed by atoms with Gasteiger partial charge in [0.05, 0.1) is 11.0 Å². The number of benzene rings is 1. The minimum atomic E-state index is 0.977. The van der Waals surface area contributed by atoms with Crippen LogP contribution in [0.1, 0.15) is 0 Å². The van der Waals surface area contributed by atoms with Gasteiger partial charge in [-0.1, -0.05) is 24.3 Å². The maximum Gasteiger partial charge on any atom is 0.0964 e. The summed E-state index contributed by atoms with van der Waals surface area (Å²) in [6.45, 7) is 0. The van der Waals surface area contributed by atoms with Gasteiger partial charge in [0, 0.05) is 23.2 Å². The second-order valence-electron chi connectivity index (χ2n) is 3.22. The van der Waals surface area contributed by atoms with Crippen LogP contribution in [-0.2, 0) is 0 Å². The number of pyridine rings is 2. The minimum absolute atomic E-state index is 0.977. The quantitative estimate of drug-likeness (QED) is 0.443. The Hall–Kier alpha value is -2.04. The molecule has 0 aliphatic carbocycles. The molecule has 2 aromatic heterocycles. The van der Waals surface area contributed by atoms with Crippen molar-refractivity contribution in [3.05, 3.63) is 48.8 Å². The third kappa shape index (κ3) is 1.71. The van der Waals surface area contributed by atoms with Crippen molar-refractivity contribution in [3.63, 3.8) is 0 Å². The lowest BCUT2D eigenvalue weighted by molar-refractivity contribution is 0.311. The van der Waals surface area contributed by atoms with E-state index >= 15 is 0 Å². The molecule has 0 atom stereocenters. The first kappa shape index (κ1) is 10.5. The SMILES string of the molecule is NO.c1cnc2c(c1)ccc1cccnc12. The first-order chi connectivity index (χ1) is 7.95. The van der Waals surface area contributed by atoms with Gasteiger partial charge in [0.25, 0.3) is 0 Å². The third-order valence-electron chi connectivity index (χ3n) is 2.34. The van der Waals surface area contributed by atoms with Crippen molar-refractivity contribution in [2.45, 2.75) is 0 Å². The van der Waals surface area contributed by atoms with E-state index in [-0.39, 0.29) is 0 Å². The summed E-state index contributed by atoms with van der Waals surface area (Å²) in [6, 6.07) is 12.1. The van der Waals surface area contributed by atoms with E-state index in [0.717, 1.165) is 21.8 Å². The molecule has 4 nitrogen and oxygen atoms in total. The van der Waals surface area contributed by atoms with Crippen molar-refractivity contribution in [1.29, 1.82) is 0 Å². The molecule has 0 saturated carbocycles. The van der Waals surface area contributed by atoms with Crippen LogP contribution >= 0.6 is 0 Å². The van der Waals surface area contributed by atoms with Crippen LogP contribution in [0.5, 0.6) is 0 Å². The average Bonchev–Trinajstić information content (AvgIpc) is 2.41. The fourth-order valence-electron chi connectivity index (χ4n) is 1.68. The van der Waals surface area contributed by atoms with Gasteiger partial charge in [-0.2, -0.15) is 0 Å². The Kier molecular flexibility index (Phi) is 3.05. The Bertz CT molecular complexity index is 555. The summed E-state index contributed by atoms with van der Waals surface area (Å²) in [5.74, 6) is 3.50. The molecule has 3 N–H and O–H groups in total. The summed E-state index contributed by atoms with van der Waals surface area (Å²) >= 11 is 0. The van der Waals surface area contributed by atoms with Crippen LogP contribution in [0.2, 0.25) is 0 Å². The van der Waals surface area contributed by atoms with Gasteiger partial charge in [-0.25, -0.2) is 5.90 Å². The molecule has 16 heavy (non-hydrogen) atoms. The van der Waals surface area contributed by atoms with E-state index in [1.54, 1.807) is 12.4 Å². The third-order valence-corrected chi connectivity index (χ3v) is 2.34. The van der Waals surface area contributed by atoms with E-state index in [1.807, 2.05) is 12.1 Å². The van der Waals surface area contributed by atoms with Crippen LogP contribution in [0.15, 0.2) is 48.8 Å². The standard InChI is InChI=1S/C12H8N2.H3NO/c1-3-9-5-6-10-4-2-8-14-12(10)11(9)13-7-1;1-2/h1-8H;2H,1H2. The van der Waals surface area contributed by atoms with E-state index in [0.29, 0.717) is 0 Å². The summed E-state index contributed by atoms with van der Waals surface area (Å²) in [7, 11) is 0. The van der Waals surface area contributed by atoms with Crippen molar-refractivity contribution in [1.82, 2.24) is 9.97 Å². The molecule has 0 aliphatic heterocycles. The number of hydrogen-bond acceptors (Lipinski definition) is 4. The molecule has 2 heterocycles. The van der Waals surface area contributed by atoms with Gasteiger partial charge in [0.1, 0.15) is 0 Å². The van der Waals surface area contributed by atoms with Gasteiger partial charge >= 0.3 is 0 Å². The normalized spacial score (nSPS) is 9.88. The topological polar surface area (TPSA) is 72.0 Å². The van der Waals surface area contributed by atoms with E-state index in [9.17, 15) is 0 Å². The minimum Gasteiger partial charge on any atom is -0.320 e. The smallest absolute Gasteiger partial charge is 0.0964 e. The van der Waals surface area contributed by atoms with Crippen LogP contribution in [0, 0.1) is 0 Å². The van der Waals surface area contributed by atoms with Gasteiger partial charge in [-0.15, -0.1) is 0 Å². The van der Waals surface area contributed by atoms with Crippen molar-refractivity contribution in [2.24, 2.45) is 5.90 Å². The van der Waals surface area contributed by atoms with E-state index in [2.05, 4.69) is 40.1 Å². The highest BCUT2D eigenvalue weighted by Gasteiger charge is 2.00. The molecule has 0 unspecified atom stereocenters. The van der Waals surface area contributed by atoms with Crippen LogP contribution in [-0.4, -0.2) is 15.2 Å². The van der Waals surface area contributed by atoms with E-state index in [4.69, 9.17) is 5.21 Å². The second kappa shape index (κ2) is 4.65. The largest absolute Gasteiger partial charge is 0.320 e. The molecule has 0 amide bonds. The summed E-state index contributed by atoms with van der Waals surface area (Å²) in [5.41, 5.74) is 1.95. The van der Waals surface area contributed by atoms with Gasteiger partial charge < -0.3 is 5.21 Å². The van der Waals surface area contributed by atoms with E-state index in [1.165, 1.54) is 0 Å². The molecule has 0 spiro atoms. The Balaban J connectivity index is 0.000000457. The molecule has 0 bridgehead atoms. The highest BCUT2D eigenvalue weighted by atomic mass is 16.4. The molecule has 4 heteroatoms. The van der Waals surface area contributed by atoms with Crippen molar-refractivity contribution < 1.29 is 5.21 Å². The zero-order valence-corrected chi connectivity index (χ0v) is 8.54. The summed E-state index contributed by atoms with van der Waals surface area (Å²) < 4.78 is 0. The molecule has 3 aromatic rings. The zero-order valence-electron chi connectivity index (χ0n) is 8.54. The Morgan fingerprint density at radius 1 is 0.750 bits per heavy atom. The van der Waals surface area contributed by atoms with Crippen molar-refractivity contribution >= 4 is 21.8 Å². The molecular weight excluding hydrogens is 202 g/mol. The Morgan fingerprint density at radius 3 is 1.62 bits per heavy atom. The molecule has 3 rings (SSSR count). The first-order valence-corrected chi connectivity index (χ1v) is 4.79. The molecule has 0 saturated heterocycles. The van der Waals surface area contributed by atoms with Crippen LogP contribution < -0.4 is 5.90 Å². The van der Waals surface area contributed by atoms with Crippen LogP contribution in [0.3, 0.4) is 0 Å². The lowest BCUT2D eigenvalue weighted by atomic mass is 10.1. The lowest BCUT2D eigenvalue weighted by Gasteiger charge is -2.00. The fraction of sp³-hybridized carbons (Fsp3) is 0. The van der Waals surface area contributed by atoms with Gasteiger partial charge in [-0.05, 0) is 12.1 Å². The number of nitrogens with two attached hydrogens (primary N) is 1. The highest BCUT2D eigenvalue weighted by molar-refractivity contribution is 6.02. The van der Waals surface area contributed by atoms with Gasteiger partial charge in [0.2, 0.25) is 0 Å². The zero-order chi connectivity index (χ0) is 11.4. The maximum absolute atomic E-state index is 6.50. The monoisotopic (exact) mass is 213 g/mol. The maximum atomic E-state index is 6.50. The Morgan fingerprint density at radius 2 is 1.19 bits per heavy atom. The summed E-state index contributed by atoms with van der Waals surface area (Å²) in [6.07, 6.45) is 3.60. The summed E-state index contributed by atoms with van der Waals surface area (Å²) in [5, 5.41) is 8.78. The number of nitrogens with zero attached hydrogens (tertiary/aromatic N) is 2. The fourth-order valence-corrected chi connectivity index (χ4v) is 1.68. The van der Waals surface area contributed by atoms with Crippen LogP contribution in [0.25, 0.3) is 21.8 Å². The first-order valence-electron chi connectivity index (χ1n) is 4.79. The van der Waals surface area contributed by atoms with Crippen LogP contribution in [0.4, 0.5) is 0 Å². The molecule has 0 aliphatic rings. The number of hydrogen-bond donors (Lipinski definition) is 2. The predicted molar refractivity (Wildman–Crippen MR) is 63.0 cm³/mol. The number of aromatic nitrogens is 2. The molecule has 0 fully saturated rings. The number of rotatable bonds is 0. The molecule has 80 valence electrons. The summed E-state index contributed by atoms with van der Waals surface area (Å²) in [4.78, 5) is 8.69. The average molecular weight is 213 g/mol. The lowest BCUT2D eigenvalue weighted by Crippen LogP contribution is -1.83. The second-order valence-corrected chi connectivity index (χ2v) is 3.22. The Labute approximate surface area is 92.3 Å². The van der Waals surface area contributed by atoms with Crippen molar-refractivity contribution in [3.8, 4) is 0 Å². The van der Waals surface area contributed by atoms with Gasteiger partial charge in [-0.3, -0.25) is 9.97 Å². The predicted octanol–water partition coefficient (Wildman–Crippen LogP) is 2.12. The number of fused-ring (bicyclic) bond motifs is 3. The van der Waals surface area contributed by atoms with Gasteiger partial charge in [0.15, 0.2) is 0 Å². The highest BCUT2D eigenvalue weighted by Crippen LogP contribution is 2.20. The molecule has 1 aromatic carbocycles. The molecule has 0 radical (unpaired) electrons.